The summed E-state index contributed by atoms with van der Waals surface area (Å²) in [6.45, 7) is 0. The summed E-state index contributed by atoms with van der Waals surface area (Å²) in [6.07, 6.45) is 0. The first kappa shape index (κ1) is 5.81. The fraction of sp³-hybridized carbons (Fsp3) is 0. The molecule has 1 aromatic heterocycles. The average molecular weight is 150 g/mol. The number of nitrogens with two attached hydrogens (primary N) is 1. The molecular formula is C3H4ClN3S. The van der Waals surface area contributed by atoms with Gasteiger partial charge in [-0.3, -0.25) is 5.43 Å². The topological polar surface area (TPSA) is 50.9 Å². The fourth-order valence-electron chi connectivity index (χ4n) is 0.320. The molecule has 44 valence electrons. The van der Waals surface area contributed by atoms with Gasteiger partial charge in [0.15, 0.2) is 5.13 Å². The third-order valence-corrected chi connectivity index (χ3v) is 1.70. The number of rotatable bonds is 1. The number of thiazole rings is 1. The lowest BCUT2D eigenvalue weighted by atomic mass is 11.0. The Morgan fingerprint density at radius 2 is 2.62 bits per heavy atom. The first-order valence-electron chi connectivity index (χ1n) is 1.90. The molecule has 0 fully saturated rings. The fourth-order valence-corrected chi connectivity index (χ4v) is 1.07. The second-order valence-corrected chi connectivity index (χ2v) is 2.37. The van der Waals surface area contributed by atoms with Crippen LogP contribution in [-0.2, 0) is 0 Å². The van der Waals surface area contributed by atoms with E-state index in [-0.39, 0.29) is 0 Å². The van der Waals surface area contributed by atoms with Crippen LogP contribution in [-0.4, -0.2) is 4.98 Å². The van der Waals surface area contributed by atoms with Gasteiger partial charge >= 0.3 is 0 Å². The number of nitrogens with zero attached hydrogens (tertiary/aromatic N) is 1. The Morgan fingerprint density at radius 3 is 2.88 bits per heavy atom. The van der Waals surface area contributed by atoms with Crippen LogP contribution in [0, 0.1) is 0 Å². The minimum atomic E-state index is 0.475. The van der Waals surface area contributed by atoms with Crippen molar-refractivity contribution in [3.05, 3.63) is 10.5 Å². The Kier molecular flexibility index (Phi) is 1.67. The van der Waals surface area contributed by atoms with E-state index in [1.807, 2.05) is 0 Å². The zero-order chi connectivity index (χ0) is 5.98. The lowest BCUT2D eigenvalue weighted by Crippen LogP contribution is -2.05. The van der Waals surface area contributed by atoms with E-state index in [0.29, 0.717) is 10.3 Å². The van der Waals surface area contributed by atoms with E-state index in [9.17, 15) is 0 Å². The lowest BCUT2D eigenvalue weighted by molar-refractivity contribution is 1.29. The lowest BCUT2D eigenvalue weighted by Gasteiger charge is -1.84. The molecule has 3 N–H and O–H groups in total. The van der Waals surface area contributed by atoms with Crippen LogP contribution in [0.15, 0.2) is 5.38 Å². The van der Waals surface area contributed by atoms with Crippen LogP contribution in [0.4, 0.5) is 5.13 Å². The molecule has 0 aliphatic rings. The molecule has 0 unspecified atom stereocenters. The highest BCUT2D eigenvalue weighted by Gasteiger charge is 1.92. The van der Waals surface area contributed by atoms with E-state index in [2.05, 4.69) is 10.4 Å². The predicted octanol–water partition coefficient (Wildman–Crippen LogP) is 1.08. The summed E-state index contributed by atoms with van der Waals surface area (Å²) < 4.78 is 0. The van der Waals surface area contributed by atoms with Crippen molar-refractivity contribution in [1.29, 1.82) is 0 Å². The van der Waals surface area contributed by atoms with Gasteiger partial charge in [0, 0.05) is 5.38 Å². The molecule has 0 atom stereocenters. The molecule has 0 bridgehead atoms. The maximum atomic E-state index is 5.44. The summed E-state index contributed by atoms with van der Waals surface area (Å²) in [5, 5.41) is 2.81. The third kappa shape index (κ3) is 1.09. The zero-order valence-electron chi connectivity index (χ0n) is 3.89. The summed E-state index contributed by atoms with van der Waals surface area (Å²) in [6, 6.07) is 0. The van der Waals surface area contributed by atoms with Crippen LogP contribution in [0.5, 0.6) is 0 Å². The molecule has 0 radical (unpaired) electrons. The van der Waals surface area contributed by atoms with E-state index in [4.69, 9.17) is 17.4 Å². The van der Waals surface area contributed by atoms with Gasteiger partial charge < -0.3 is 0 Å². The predicted molar refractivity (Wildman–Crippen MR) is 34.9 cm³/mol. The number of hydrogen-bond donors (Lipinski definition) is 2. The summed E-state index contributed by atoms with van der Waals surface area (Å²) >= 11 is 6.81. The molecular weight excluding hydrogens is 146 g/mol. The number of hydrazine groups is 1. The zero-order valence-corrected chi connectivity index (χ0v) is 5.46. The minimum absolute atomic E-state index is 0.475. The third-order valence-electron chi connectivity index (χ3n) is 0.600. The van der Waals surface area contributed by atoms with E-state index in [1.165, 1.54) is 11.3 Å². The first-order chi connectivity index (χ1) is 3.83. The minimum Gasteiger partial charge on any atom is -0.300 e. The van der Waals surface area contributed by atoms with Crippen molar-refractivity contribution < 1.29 is 0 Å². The van der Waals surface area contributed by atoms with Gasteiger partial charge in [0.1, 0.15) is 5.15 Å². The standard InChI is InChI=1S/C3H4ClN3S/c4-2-1-8-3(6-2)7-5/h1H,5H2,(H,6,7). The van der Waals surface area contributed by atoms with E-state index < -0.39 is 0 Å². The van der Waals surface area contributed by atoms with Crippen molar-refractivity contribution in [3.8, 4) is 0 Å². The van der Waals surface area contributed by atoms with Crippen LogP contribution in [0.2, 0.25) is 5.15 Å². The number of halogens is 1. The molecule has 0 aromatic carbocycles. The van der Waals surface area contributed by atoms with E-state index in [0.717, 1.165) is 0 Å². The van der Waals surface area contributed by atoms with E-state index >= 15 is 0 Å². The van der Waals surface area contributed by atoms with Gasteiger partial charge in [-0.1, -0.05) is 11.6 Å². The Morgan fingerprint density at radius 1 is 1.88 bits per heavy atom. The van der Waals surface area contributed by atoms with Crippen molar-refractivity contribution in [2.75, 3.05) is 5.43 Å². The van der Waals surface area contributed by atoms with Gasteiger partial charge in [0.05, 0.1) is 0 Å². The second kappa shape index (κ2) is 2.30. The summed E-state index contributed by atoms with van der Waals surface area (Å²) in [5.74, 6) is 5.00. The number of nitrogen functional groups attached to an aromatic ring is 1. The van der Waals surface area contributed by atoms with Crippen LogP contribution < -0.4 is 11.3 Å². The van der Waals surface area contributed by atoms with Gasteiger partial charge in [-0.2, -0.15) is 0 Å². The average Bonchev–Trinajstić information content (AvgIpc) is 2.14. The van der Waals surface area contributed by atoms with Crippen molar-refractivity contribution in [2.24, 2.45) is 5.84 Å². The molecule has 1 rings (SSSR count). The van der Waals surface area contributed by atoms with Gasteiger partial charge in [-0.15, -0.1) is 11.3 Å². The van der Waals surface area contributed by atoms with Gasteiger partial charge in [-0.25, -0.2) is 10.8 Å². The van der Waals surface area contributed by atoms with Crippen LogP contribution in [0.25, 0.3) is 0 Å². The Balaban J connectivity index is 2.84. The summed E-state index contributed by atoms with van der Waals surface area (Å²) in [4.78, 5) is 3.78. The Hall–Kier alpha value is -0.320. The molecule has 3 nitrogen and oxygen atoms in total. The molecule has 0 saturated carbocycles. The number of nitrogens with one attached hydrogen (secondary N) is 1. The molecule has 8 heavy (non-hydrogen) atoms. The molecule has 0 amide bonds. The molecule has 0 spiro atoms. The van der Waals surface area contributed by atoms with Crippen molar-refractivity contribution in [1.82, 2.24) is 4.98 Å². The monoisotopic (exact) mass is 149 g/mol. The normalized spacial score (nSPS) is 9.25. The Labute approximate surface area is 55.5 Å². The first-order valence-corrected chi connectivity index (χ1v) is 3.16. The molecule has 1 heterocycles. The maximum Gasteiger partial charge on any atom is 0.198 e. The van der Waals surface area contributed by atoms with Crippen molar-refractivity contribution >= 4 is 28.1 Å². The number of aromatic nitrogens is 1. The van der Waals surface area contributed by atoms with Crippen LogP contribution in [0.1, 0.15) is 0 Å². The van der Waals surface area contributed by atoms with Gasteiger partial charge in [-0.05, 0) is 0 Å². The molecule has 1 aromatic rings. The highest BCUT2D eigenvalue weighted by atomic mass is 35.5. The van der Waals surface area contributed by atoms with Crippen molar-refractivity contribution in [3.63, 3.8) is 0 Å². The smallest absolute Gasteiger partial charge is 0.198 e. The van der Waals surface area contributed by atoms with Crippen molar-refractivity contribution in [2.45, 2.75) is 0 Å². The van der Waals surface area contributed by atoms with Crippen LogP contribution >= 0.6 is 22.9 Å². The second-order valence-electron chi connectivity index (χ2n) is 1.12. The Bertz CT molecular complexity index is 175. The van der Waals surface area contributed by atoms with Gasteiger partial charge in [0.2, 0.25) is 0 Å². The molecule has 0 saturated heterocycles. The molecule has 0 aliphatic carbocycles. The highest BCUT2D eigenvalue weighted by Crippen LogP contribution is 2.16. The quantitative estimate of drug-likeness (QED) is 0.464. The SMILES string of the molecule is NNc1nc(Cl)cs1. The van der Waals surface area contributed by atoms with E-state index in [1.54, 1.807) is 5.38 Å². The number of hydrogen-bond acceptors (Lipinski definition) is 4. The van der Waals surface area contributed by atoms with Crippen LogP contribution in [0.3, 0.4) is 0 Å². The summed E-state index contributed by atoms with van der Waals surface area (Å²) in [7, 11) is 0. The molecule has 0 aliphatic heterocycles. The summed E-state index contributed by atoms with van der Waals surface area (Å²) in [5.41, 5.74) is 2.37. The highest BCUT2D eigenvalue weighted by molar-refractivity contribution is 7.14. The number of anilines is 1. The molecule has 5 heteroatoms. The maximum absolute atomic E-state index is 5.44. The van der Waals surface area contributed by atoms with Gasteiger partial charge in [0.25, 0.3) is 0 Å². The largest absolute Gasteiger partial charge is 0.300 e.